The van der Waals surface area contributed by atoms with Gasteiger partial charge in [-0.25, -0.2) is 0 Å². The Morgan fingerprint density at radius 3 is 2.00 bits per heavy atom. The fourth-order valence-electron chi connectivity index (χ4n) is 0.280. The van der Waals surface area contributed by atoms with Gasteiger partial charge in [-0.2, -0.15) is 0 Å². The number of hydrogen-bond donors (Lipinski definition) is 2. The van der Waals surface area contributed by atoms with Crippen LogP contribution in [0.25, 0.3) is 0 Å². The minimum atomic E-state index is -2.00. The van der Waals surface area contributed by atoms with Crippen molar-refractivity contribution >= 4 is 63.9 Å². The Balaban J connectivity index is 4.02. The van der Waals surface area contributed by atoms with Crippen LogP contribution in [0.15, 0.2) is 0 Å². The Morgan fingerprint density at radius 2 is 1.75 bits per heavy atom. The number of nitrogens with one attached hydrogen (secondary N) is 1. The summed E-state index contributed by atoms with van der Waals surface area (Å²) in [6.45, 7) is 0. The summed E-state index contributed by atoms with van der Waals surface area (Å²) in [6.07, 6.45) is -1.64. The Labute approximate surface area is 93.9 Å². The molecule has 0 bridgehead atoms. The lowest BCUT2D eigenvalue weighted by atomic mass is 10.6. The zero-order chi connectivity index (χ0) is 9.94. The van der Waals surface area contributed by atoms with Crippen molar-refractivity contribution in [2.24, 2.45) is 0 Å². The third-order valence-electron chi connectivity index (χ3n) is 0.787. The van der Waals surface area contributed by atoms with Gasteiger partial charge >= 0.3 is 0 Å². The van der Waals surface area contributed by atoms with Gasteiger partial charge in [-0.1, -0.05) is 58.0 Å². The Morgan fingerprint density at radius 1 is 1.33 bits per heavy atom. The van der Waals surface area contributed by atoms with Crippen LogP contribution in [0.1, 0.15) is 0 Å². The van der Waals surface area contributed by atoms with Gasteiger partial charge in [0.25, 0.3) is 5.91 Å². The second kappa shape index (κ2) is 4.94. The van der Waals surface area contributed by atoms with Gasteiger partial charge in [-0.15, -0.1) is 0 Å². The highest BCUT2D eigenvalue weighted by atomic mass is 35.6. The molecular formula is C4H4Cl5NO2. The average Bonchev–Trinajstić information content (AvgIpc) is 1.85. The molecule has 3 nitrogen and oxygen atoms in total. The molecule has 0 aliphatic carbocycles. The van der Waals surface area contributed by atoms with Crippen LogP contribution < -0.4 is 5.32 Å². The standard InChI is InChI=1S/C4H4Cl5NO2/c5-1(6)2(11)10-3(12)4(7,8)9/h1,3,12H,(H,10,11)/t3-/m1/s1. The lowest BCUT2D eigenvalue weighted by Gasteiger charge is -2.19. The number of aliphatic hydroxyl groups excluding tert-OH is 1. The summed E-state index contributed by atoms with van der Waals surface area (Å²) in [5.41, 5.74) is 0. The molecule has 0 aromatic heterocycles. The van der Waals surface area contributed by atoms with Crippen molar-refractivity contribution in [3.05, 3.63) is 0 Å². The zero-order valence-electron chi connectivity index (χ0n) is 5.40. The van der Waals surface area contributed by atoms with E-state index >= 15 is 0 Å². The van der Waals surface area contributed by atoms with Gasteiger partial charge in [0.15, 0.2) is 11.1 Å². The largest absolute Gasteiger partial charge is 0.369 e. The summed E-state index contributed by atoms with van der Waals surface area (Å²) in [5, 5.41) is 10.8. The zero-order valence-corrected chi connectivity index (χ0v) is 9.18. The van der Waals surface area contributed by atoms with Crippen LogP contribution in [0.5, 0.6) is 0 Å². The first-order valence-corrected chi connectivity index (χ1v) is 4.59. The maximum absolute atomic E-state index is 10.7. The summed E-state index contributed by atoms with van der Waals surface area (Å²) in [7, 11) is 0. The minimum Gasteiger partial charge on any atom is -0.369 e. The molecule has 1 atom stereocenters. The fourth-order valence-corrected chi connectivity index (χ4v) is 0.569. The van der Waals surface area contributed by atoms with Crippen LogP contribution in [-0.2, 0) is 4.79 Å². The summed E-state index contributed by atoms with van der Waals surface area (Å²) >= 11 is 25.9. The molecule has 0 radical (unpaired) electrons. The van der Waals surface area contributed by atoms with Gasteiger partial charge in [0.2, 0.25) is 3.79 Å². The highest BCUT2D eigenvalue weighted by Gasteiger charge is 2.32. The van der Waals surface area contributed by atoms with Crippen LogP contribution in [0.4, 0.5) is 0 Å². The Hall–Kier alpha value is 0.880. The van der Waals surface area contributed by atoms with Crippen molar-refractivity contribution in [3.8, 4) is 0 Å². The fraction of sp³-hybridized carbons (Fsp3) is 0.750. The SMILES string of the molecule is O=C(N[C@H](O)C(Cl)(Cl)Cl)C(Cl)Cl. The molecule has 0 unspecified atom stereocenters. The molecule has 2 N–H and O–H groups in total. The normalized spacial score (nSPS) is 14.6. The van der Waals surface area contributed by atoms with Gasteiger partial charge in [0, 0.05) is 0 Å². The maximum atomic E-state index is 10.7. The summed E-state index contributed by atoms with van der Waals surface area (Å²) in [6, 6.07) is 0. The van der Waals surface area contributed by atoms with E-state index in [1.54, 1.807) is 0 Å². The van der Waals surface area contributed by atoms with Crippen LogP contribution in [0.3, 0.4) is 0 Å². The topological polar surface area (TPSA) is 49.3 Å². The van der Waals surface area contributed by atoms with E-state index in [2.05, 4.69) is 0 Å². The predicted octanol–water partition coefficient (Wildman–Crippen LogP) is 1.59. The smallest absolute Gasteiger partial charge is 0.255 e. The Kier molecular flexibility index (Phi) is 5.30. The summed E-state index contributed by atoms with van der Waals surface area (Å²) in [5.74, 6) is -0.836. The number of hydrogen-bond acceptors (Lipinski definition) is 2. The van der Waals surface area contributed by atoms with Gasteiger partial charge in [0.1, 0.15) is 0 Å². The van der Waals surface area contributed by atoms with Crippen LogP contribution in [0, 0.1) is 0 Å². The second-order valence-corrected chi connectivity index (χ2v) is 5.22. The molecule has 0 heterocycles. The quantitative estimate of drug-likeness (QED) is 0.594. The van der Waals surface area contributed by atoms with Crippen molar-refractivity contribution < 1.29 is 9.90 Å². The number of amides is 1. The van der Waals surface area contributed by atoms with Crippen molar-refractivity contribution in [1.82, 2.24) is 5.32 Å². The molecule has 12 heavy (non-hydrogen) atoms. The molecule has 8 heteroatoms. The molecule has 72 valence electrons. The van der Waals surface area contributed by atoms with E-state index in [-0.39, 0.29) is 0 Å². The first kappa shape index (κ1) is 12.9. The highest BCUT2D eigenvalue weighted by Crippen LogP contribution is 2.28. The van der Waals surface area contributed by atoms with E-state index < -0.39 is 20.8 Å². The molecule has 0 aliphatic rings. The van der Waals surface area contributed by atoms with Crippen molar-refractivity contribution in [3.63, 3.8) is 0 Å². The van der Waals surface area contributed by atoms with Gasteiger partial charge in [0.05, 0.1) is 0 Å². The van der Waals surface area contributed by atoms with Crippen LogP contribution >= 0.6 is 58.0 Å². The first-order valence-electron chi connectivity index (χ1n) is 2.58. The monoisotopic (exact) mass is 273 g/mol. The lowest BCUT2D eigenvalue weighted by Crippen LogP contribution is -2.45. The highest BCUT2D eigenvalue weighted by molar-refractivity contribution is 6.68. The third-order valence-corrected chi connectivity index (χ3v) is 1.80. The van der Waals surface area contributed by atoms with Gasteiger partial charge < -0.3 is 10.4 Å². The molecular weight excluding hydrogens is 271 g/mol. The van der Waals surface area contributed by atoms with E-state index in [1.807, 2.05) is 5.32 Å². The number of carbonyl (C=O) groups excluding carboxylic acids is 1. The van der Waals surface area contributed by atoms with E-state index in [4.69, 9.17) is 63.1 Å². The number of alkyl halides is 5. The molecule has 0 saturated heterocycles. The molecule has 0 fully saturated rings. The van der Waals surface area contributed by atoms with Crippen LogP contribution in [-0.4, -0.2) is 25.9 Å². The average molecular weight is 275 g/mol. The van der Waals surface area contributed by atoms with E-state index in [1.165, 1.54) is 0 Å². The van der Waals surface area contributed by atoms with Crippen LogP contribution in [0.2, 0.25) is 0 Å². The summed E-state index contributed by atoms with van der Waals surface area (Å²) < 4.78 is -2.00. The molecule has 0 rings (SSSR count). The van der Waals surface area contributed by atoms with Gasteiger partial charge in [-0.05, 0) is 0 Å². The Bertz CT molecular complexity index is 167. The van der Waals surface area contributed by atoms with E-state index in [0.29, 0.717) is 0 Å². The molecule has 0 aliphatic heterocycles. The molecule has 0 saturated carbocycles. The third kappa shape index (κ3) is 4.80. The number of aliphatic hydroxyl groups is 1. The van der Waals surface area contributed by atoms with Gasteiger partial charge in [-0.3, -0.25) is 4.79 Å². The molecule has 1 amide bonds. The number of rotatable bonds is 2. The summed E-state index contributed by atoms with van der Waals surface area (Å²) in [4.78, 5) is 9.38. The number of carbonyl (C=O) groups is 1. The minimum absolute atomic E-state index is 0.836. The number of halogens is 5. The first-order chi connectivity index (χ1) is 5.25. The molecule has 0 aromatic carbocycles. The lowest BCUT2D eigenvalue weighted by molar-refractivity contribution is -0.122. The van der Waals surface area contributed by atoms with Crippen molar-refractivity contribution in [2.75, 3.05) is 0 Å². The molecule has 0 spiro atoms. The molecule has 0 aromatic rings. The van der Waals surface area contributed by atoms with Crippen molar-refractivity contribution in [1.29, 1.82) is 0 Å². The van der Waals surface area contributed by atoms with E-state index in [9.17, 15) is 4.79 Å². The second-order valence-electron chi connectivity index (χ2n) is 1.75. The maximum Gasteiger partial charge on any atom is 0.255 e. The van der Waals surface area contributed by atoms with Crippen molar-refractivity contribution in [2.45, 2.75) is 14.9 Å². The van der Waals surface area contributed by atoms with E-state index in [0.717, 1.165) is 0 Å². The predicted molar refractivity (Wildman–Crippen MR) is 49.9 cm³/mol.